The normalized spacial score (nSPS) is 13.8. The number of amides is 3. The van der Waals surface area contributed by atoms with Crippen molar-refractivity contribution >= 4 is 68.0 Å². The van der Waals surface area contributed by atoms with Crippen molar-refractivity contribution in [3.05, 3.63) is 93.6 Å². The maximum Gasteiger partial charge on any atom is 0.283 e. The summed E-state index contributed by atoms with van der Waals surface area (Å²) in [6.45, 7) is 1.74. The van der Waals surface area contributed by atoms with Crippen LogP contribution in [0.15, 0.2) is 82.4 Å². The van der Waals surface area contributed by atoms with Crippen molar-refractivity contribution < 1.29 is 22.8 Å². The minimum Gasteiger partial charge on any atom is -0.350 e. The number of aryl methyl sites for hydroxylation is 1. The summed E-state index contributed by atoms with van der Waals surface area (Å²) in [6, 6.07) is 16.3. The van der Waals surface area contributed by atoms with Crippen molar-refractivity contribution in [2.45, 2.75) is 11.8 Å². The first-order chi connectivity index (χ1) is 17.0. The molecule has 4 N–H and O–H groups in total. The molecule has 3 aromatic carbocycles. The molecule has 0 radical (unpaired) electrons. The number of halogens is 2. The van der Waals surface area contributed by atoms with E-state index in [2.05, 4.69) is 10.6 Å². The van der Waals surface area contributed by atoms with E-state index in [9.17, 15) is 22.8 Å². The van der Waals surface area contributed by atoms with Crippen molar-refractivity contribution in [1.29, 1.82) is 0 Å². The molecule has 36 heavy (non-hydrogen) atoms. The van der Waals surface area contributed by atoms with Crippen LogP contribution in [0, 0.1) is 6.92 Å². The molecule has 0 bridgehead atoms. The van der Waals surface area contributed by atoms with Crippen molar-refractivity contribution in [1.82, 2.24) is 0 Å². The van der Waals surface area contributed by atoms with Gasteiger partial charge in [0.1, 0.15) is 10.7 Å². The van der Waals surface area contributed by atoms with Gasteiger partial charge in [-0.25, -0.2) is 18.5 Å². The zero-order chi connectivity index (χ0) is 26.2. The summed E-state index contributed by atoms with van der Waals surface area (Å²) in [6.07, 6.45) is 0. The van der Waals surface area contributed by atoms with Gasteiger partial charge in [-0.15, -0.1) is 0 Å². The summed E-state index contributed by atoms with van der Waals surface area (Å²) in [7, 11) is -3.84. The summed E-state index contributed by atoms with van der Waals surface area (Å²) in [5.74, 6) is -1.77. The van der Waals surface area contributed by atoms with Gasteiger partial charge in [-0.05, 0) is 73.2 Å². The maximum absolute atomic E-state index is 13.0. The maximum atomic E-state index is 13.0. The van der Waals surface area contributed by atoms with Crippen LogP contribution in [-0.4, -0.2) is 26.1 Å². The second-order valence-electron chi connectivity index (χ2n) is 7.79. The van der Waals surface area contributed by atoms with Crippen LogP contribution in [0.1, 0.15) is 15.9 Å². The average molecular weight is 545 g/mol. The van der Waals surface area contributed by atoms with E-state index in [1.165, 1.54) is 42.5 Å². The van der Waals surface area contributed by atoms with E-state index in [1.54, 1.807) is 31.2 Å². The third-order valence-electron chi connectivity index (χ3n) is 5.30. The molecule has 12 heteroatoms. The number of nitrogens with zero attached hydrogens (tertiary/aromatic N) is 1. The Morgan fingerprint density at radius 2 is 1.50 bits per heavy atom. The minimum absolute atomic E-state index is 0.0760. The summed E-state index contributed by atoms with van der Waals surface area (Å²) in [5.41, 5.74) is 1.98. The number of hydrogen-bond acceptors (Lipinski definition) is 6. The summed E-state index contributed by atoms with van der Waals surface area (Å²) < 4.78 is 22.7. The molecule has 1 aliphatic heterocycles. The number of nitrogens with two attached hydrogens (primary N) is 1. The van der Waals surface area contributed by atoms with Crippen LogP contribution in [0.5, 0.6) is 0 Å². The van der Waals surface area contributed by atoms with Crippen molar-refractivity contribution in [2.75, 3.05) is 15.5 Å². The monoisotopic (exact) mass is 544 g/mol. The number of benzene rings is 3. The molecule has 0 spiro atoms. The number of primary sulfonamides is 1. The van der Waals surface area contributed by atoms with E-state index >= 15 is 0 Å². The SMILES string of the molecule is Cc1ccc(Cl)cc1N1C(=O)C(Cl)=C(Nc2ccc(C(=O)Nc3ccc(S(N)(=O)=O)cc3)cc2)C1=O. The predicted octanol–water partition coefficient (Wildman–Crippen LogP) is 3.98. The molecular formula is C24H18Cl2N4O5S. The van der Waals surface area contributed by atoms with Crippen molar-refractivity contribution in [2.24, 2.45) is 5.14 Å². The third-order valence-corrected chi connectivity index (χ3v) is 6.81. The first-order valence-electron chi connectivity index (χ1n) is 10.3. The number of carbonyl (C=O) groups is 3. The Labute approximate surface area is 216 Å². The van der Waals surface area contributed by atoms with Crippen LogP contribution in [0.25, 0.3) is 0 Å². The van der Waals surface area contributed by atoms with Crippen LogP contribution in [0.3, 0.4) is 0 Å². The molecule has 0 aromatic heterocycles. The number of nitrogens with one attached hydrogen (secondary N) is 2. The lowest BCUT2D eigenvalue weighted by molar-refractivity contribution is -0.120. The number of carbonyl (C=O) groups excluding carboxylic acids is 3. The zero-order valence-electron chi connectivity index (χ0n) is 18.6. The van der Waals surface area contributed by atoms with Crippen molar-refractivity contribution in [3.63, 3.8) is 0 Å². The van der Waals surface area contributed by atoms with Crippen LogP contribution in [-0.2, 0) is 19.6 Å². The predicted molar refractivity (Wildman–Crippen MR) is 137 cm³/mol. The molecule has 0 saturated carbocycles. The van der Waals surface area contributed by atoms with Gasteiger partial charge >= 0.3 is 0 Å². The molecule has 0 atom stereocenters. The molecule has 0 unspecified atom stereocenters. The lowest BCUT2D eigenvalue weighted by Crippen LogP contribution is -2.32. The Morgan fingerprint density at radius 3 is 2.11 bits per heavy atom. The van der Waals surface area contributed by atoms with Gasteiger partial charge in [0.25, 0.3) is 17.7 Å². The summed E-state index contributed by atoms with van der Waals surface area (Å²) in [4.78, 5) is 39.1. The number of hydrogen-bond donors (Lipinski definition) is 3. The highest BCUT2D eigenvalue weighted by Gasteiger charge is 2.39. The topological polar surface area (TPSA) is 139 Å². The Morgan fingerprint density at radius 1 is 0.889 bits per heavy atom. The zero-order valence-corrected chi connectivity index (χ0v) is 20.9. The molecule has 3 aromatic rings. The summed E-state index contributed by atoms with van der Waals surface area (Å²) >= 11 is 12.2. The van der Waals surface area contributed by atoms with Gasteiger partial charge in [-0.3, -0.25) is 14.4 Å². The van der Waals surface area contributed by atoms with Crippen LogP contribution >= 0.6 is 23.2 Å². The molecule has 0 aliphatic carbocycles. The Balaban J connectivity index is 1.47. The molecular weight excluding hydrogens is 527 g/mol. The van der Waals surface area contributed by atoms with Gasteiger partial charge in [0.05, 0.1) is 10.6 Å². The molecule has 4 rings (SSSR count). The van der Waals surface area contributed by atoms with E-state index < -0.39 is 27.7 Å². The van der Waals surface area contributed by atoms with Crippen LogP contribution < -0.4 is 20.7 Å². The lowest BCUT2D eigenvalue weighted by Gasteiger charge is -2.17. The number of sulfonamides is 1. The number of rotatable bonds is 6. The number of anilines is 3. The van der Waals surface area contributed by atoms with Gasteiger partial charge in [-0.1, -0.05) is 29.3 Å². The molecule has 3 amide bonds. The third kappa shape index (κ3) is 5.12. The molecule has 9 nitrogen and oxygen atoms in total. The average Bonchev–Trinajstić information content (AvgIpc) is 3.04. The van der Waals surface area contributed by atoms with E-state index in [1.807, 2.05) is 0 Å². The summed E-state index contributed by atoms with van der Waals surface area (Å²) in [5, 5.41) is 10.6. The first-order valence-corrected chi connectivity index (χ1v) is 12.6. The van der Waals surface area contributed by atoms with Gasteiger partial charge in [-0.2, -0.15) is 0 Å². The first kappa shape index (κ1) is 25.4. The fourth-order valence-corrected chi connectivity index (χ4v) is 4.33. The highest BCUT2D eigenvalue weighted by molar-refractivity contribution is 7.89. The number of imide groups is 1. The van der Waals surface area contributed by atoms with Gasteiger partial charge < -0.3 is 10.6 Å². The van der Waals surface area contributed by atoms with Gasteiger partial charge in [0.15, 0.2) is 0 Å². The van der Waals surface area contributed by atoms with Gasteiger partial charge in [0, 0.05) is 22.0 Å². The molecule has 184 valence electrons. The van der Waals surface area contributed by atoms with E-state index in [-0.39, 0.29) is 15.6 Å². The van der Waals surface area contributed by atoms with Crippen molar-refractivity contribution in [3.8, 4) is 0 Å². The molecule has 1 heterocycles. The van der Waals surface area contributed by atoms with E-state index in [0.717, 1.165) is 4.90 Å². The standard InChI is InChI=1S/C24H18Cl2N4O5S/c1-13-2-5-15(25)12-19(13)30-23(32)20(26)21(24(30)33)28-16-6-3-14(4-7-16)22(31)29-17-8-10-18(11-9-17)36(27,34)35/h2-12,28H,1H3,(H,29,31)(H2,27,34,35). The van der Waals surface area contributed by atoms with Crippen LogP contribution in [0.2, 0.25) is 5.02 Å². The minimum atomic E-state index is -3.84. The second kappa shape index (κ2) is 9.75. The fraction of sp³-hybridized carbons (Fsp3) is 0.0417. The lowest BCUT2D eigenvalue weighted by atomic mass is 10.1. The fourth-order valence-electron chi connectivity index (χ4n) is 3.43. The van der Waals surface area contributed by atoms with E-state index in [0.29, 0.717) is 33.2 Å². The Kier molecular flexibility index (Phi) is 6.87. The van der Waals surface area contributed by atoms with Crippen LogP contribution in [0.4, 0.5) is 17.1 Å². The largest absolute Gasteiger partial charge is 0.350 e. The highest BCUT2D eigenvalue weighted by Crippen LogP contribution is 2.33. The molecule has 0 fully saturated rings. The molecule has 1 aliphatic rings. The second-order valence-corrected chi connectivity index (χ2v) is 10.2. The Bertz CT molecular complexity index is 1540. The smallest absolute Gasteiger partial charge is 0.283 e. The van der Waals surface area contributed by atoms with E-state index in [4.69, 9.17) is 28.3 Å². The molecule has 0 saturated heterocycles. The van der Waals surface area contributed by atoms with Gasteiger partial charge in [0.2, 0.25) is 10.0 Å². The highest BCUT2D eigenvalue weighted by atomic mass is 35.5. The quantitative estimate of drug-likeness (QED) is 0.401. The Hall–Kier alpha value is -3.70.